The number of methoxy groups -OCH3 is 1. The van der Waals surface area contributed by atoms with Gasteiger partial charge in [0.05, 0.1) is 18.8 Å². The zero-order chi connectivity index (χ0) is 33.2. The van der Waals surface area contributed by atoms with Crippen LogP contribution in [0.15, 0.2) is 53.3 Å². The molecule has 10 nitrogen and oxygen atoms in total. The highest BCUT2D eigenvalue weighted by atomic mass is 19.4. The summed E-state index contributed by atoms with van der Waals surface area (Å²) in [6, 6.07) is 7.09. The lowest BCUT2D eigenvalue weighted by molar-refractivity contribution is -0.141. The van der Waals surface area contributed by atoms with Gasteiger partial charge in [0.15, 0.2) is 11.6 Å². The summed E-state index contributed by atoms with van der Waals surface area (Å²) in [6.45, 7) is -2.27. The summed E-state index contributed by atoms with van der Waals surface area (Å²) in [4.78, 5) is 30.5. The van der Waals surface area contributed by atoms with Gasteiger partial charge in [-0.25, -0.2) is 13.8 Å². The van der Waals surface area contributed by atoms with E-state index in [9.17, 15) is 36.6 Å². The maximum absolute atomic E-state index is 15.4. The van der Waals surface area contributed by atoms with Gasteiger partial charge in [0.1, 0.15) is 46.8 Å². The van der Waals surface area contributed by atoms with Gasteiger partial charge in [0, 0.05) is 24.7 Å². The number of ether oxygens (including phenoxy) is 3. The molecule has 0 fully saturated rings. The number of hydrogen-bond donors (Lipinski definition) is 2. The summed E-state index contributed by atoms with van der Waals surface area (Å²) in [5, 5.41) is 11.9. The average molecular weight is 644 g/mol. The molecule has 2 aromatic heterocycles. The van der Waals surface area contributed by atoms with Crippen LogP contribution in [0.4, 0.5) is 36.4 Å². The van der Waals surface area contributed by atoms with E-state index in [-0.39, 0.29) is 17.1 Å². The number of hydrogen-bond acceptors (Lipinski definition) is 7. The van der Waals surface area contributed by atoms with Crippen molar-refractivity contribution in [1.29, 1.82) is 0 Å². The number of aliphatic hydroxyl groups is 1. The van der Waals surface area contributed by atoms with Crippen molar-refractivity contribution in [1.82, 2.24) is 14.3 Å². The van der Waals surface area contributed by atoms with E-state index in [1.54, 1.807) is 0 Å². The van der Waals surface area contributed by atoms with Crippen LogP contribution in [-0.2, 0) is 13.2 Å². The molecule has 17 heteroatoms. The van der Waals surface area contributed by atoms with Crippen LogP contribution in [0.1, 0.15) is 23.0 Å². The Morgan fingerprint density at radius 1 is 1.04 bits per heavy atom. The van der Waals surface area contributed by atoms with Crippen molar-refractivity contribution < 1.29 is 54.8 Å². The Morgan fingerprint density at radius 2 is 1.67 bits per heavy atom. The van der Waals surface area contributed by atoms with E-state index >= 15 is 8.78 Å². The summed E-state index contributed by atoms with van der Waals surface area (Å²) >= 11 is 0. The largest absolute Gasteiger partial charge is 0.497 e. The first-order valence-corrected chi connectivity index (χ1v) is 12.7. The number of carbonyl (C=O) groups is 1. The van der Waals surface area contributed by atoms with Crippen molar-refractivity contribution in [2.45, 2.75) is 25.8 Å². The first-order valence-electron chi connectivity index (χ1n) is 12.7. The van der Waals surface area contributed by atoms with Gasteiger partial charge in [-0.15, -0.1) is 0 Å². The zero-order valence-corrected chi connectivity index (χ0v) is 23.5. The predicted molar refractivity (Wildman–Crippen MR) is 144 cm³/mol. The minimum absolute atomic E-state index is 0.216. The summed E-state index contributed by atoms with van der Waals surface area (Å²) in [5.41, 5.74) is -5.27. The second-order valence-corrected chi connectivity index (χ2v) is 9.36. The molecule has 0 bridgehead atoms. The SMILES string of the molecule is COc1cc(F)c(-c2c(NC(=O)c3ccc(OC(F)F)cc3)c(=O)n(-c3nc(C(F)(F)F)ccc3OC[C@H](C)O)n2C)c(F)c1. The molecule has 0 unspecified atom stereocenters. The molecule has 240 valence electrons. The molecule has 0 aliphatic rings. The van der Waals surface area contributed by atoms with Gasteiger partial charge in [-0.2, -0.15) is 26.6 Å². The van der Waals surface area contributed by atoms with Crippen molar-refractivity contribution in [2.24, 2.45) is 7.05 Å². The molecule has 0 aliphatic heterocycles. The number of benzene rings is 2. The van der Waals surface area contributed by atoms with Gasteiger partial charge in [-0.05, 0) is 43.3 Å². The molecular formula is C28H23F7N4O6. The molecule has 0 radical (unpaired) electrons. The summed E-state index contributed by atoms with van der Waals surface area (Å²) in [5.74, 6) is -5.37. The minimum Gasteiger partial charge on any atom is -0.497 e. The highest BCUT2D eigenvalue weighted by Gasteiger charge is 2.35. The van der Waals surface area contributed by atoms with Crippen LogP contribution in [0.3, 0.4) is 0 Å². The van der Waals surface area contributed by atoms with Crippen LogP contribution in [0.25, 0.3) is 17.1 Å². The third-order valence-corrected chi connectivity index (χ3v) is 6.15. The number of halogens is 7. The monoisotopic (exact) mass is 644 g/mol. The Balaban J connectivity index is 1.97. The maximum atomic E-state index is 15.4. The molecule has 2 aromatic carbocycles. The normalized spacial score (nSPS) is 12.3. The van der Waals surface area contributed by atoms with Crippen molar-refractivity contribution in [3.05, 3.63) is 81.8 Å². The standard InChI is InChI=1S/C28H23F7N4O6/c1-13(40)12-44-19-8-9-20(28(33,34)35)36-24(19)39-26(42)22(37-25(41)14-4-6-15(7-5-14)45-27(31)32)23(38(39)2)21-17(29)10-16(43-3)11-18(21)30/h4-11,13,27,40H,12H2,1-3H3,(H,37,41)/t13-/m0/s1. The van der Waals surface area contributed by atoms with Crippen LogP contribution in [0, 0.1) is 11.6 Å². The third kappa shape index (κ3) is 7.03. The lowest BCUT2D eigenvalue weighted by Gasteiger charge is -2.17. The topological polar surface area (TPSA) is 117 Å². The molecule has 0 saturated heterocycles. The molecule has 0 spiro atoms. The number of pyridine rings is 1. The van der Waals surface area contributed by atoms with E-state index in [1.807, 2.05) is 0 Å². The fraction of sp³-hybridized carbons (Fsp3) is 0.250. The first kappa shape index (κ1) is 32.8. The lowest BCUT2D eigenvalue weighted by Crippen LogP contribution is -2.26. The summed E-state index contributed by atoms with van der Waals surface area (Å²) < 4.78 is 112. The van der Waals surface area contributed by atoms with Crippen molar-refractivity contribution >= 4 is 11.6 Å². The van der Waals surface area contributed by atoms with E-state index in [2.05, 4.69) is 15.0 Å². The molecule has 1 atom stereocenters. The molecular weight excluding hydrogens is 621 g/mol. The van der Waals surface area contributed by atoms with Gasteiger partial charge in [0.25, 0.3) is 11.5 Å². The number of aliphatic hydroxyl groups excluding tert-OH is 1. The van der Waals surface area contributed by atoms with E-state index in [0.29, 0.717) is 10.7 Å². The van der Waals surface area contributed by atoms with E-state index in [4.69, 9.17) is 9.47 Å². The number of nitrogens with zero attached hydrogens (tertiary/aromatic N) is 3. The molecule has 0 saturated carbocycles. The van der Waals surface area contributed by atoms with Crippen molar-refractivity contribution in [3.63, 3.8) is 0 Å². The Bertz CT molecular complexity index is 1750. The van der Waals surface area contributed by atoms with Gasteiger partial charge in [0.2, 0.25) is 0 Å². The van der Waals surface area contributed by atoms with Crippen molar-refractivity contribution in [3.8, 4) is 34.3 Å². The van der Waals surface area contributed by atoms with Gasteiger partial charge in [-0.3, -0.25) is 14.3 Å². The van der Waals surface area contributed by atoms with Crippen LogP contribution in [0.5, 0.6) is 17.2 Å². The number of carbonyl (C=O) groups excluding carboxylic acids is 1. The summed E-state index contributed by atoms with van der Waals surface area (Å²) in [6.07, 6.45) is -6.10. The minimum atomic E-state index is -5.00. The van der Waals surface area contributed by atoms with Crippen LogP contribution < -0.4 is 25.1 Å². The number of anilines is 1. The smallest absolute Gasteiger partial charge is 0.433 e. The Morgan fingerprint density at radius 3 is 2.20 bits per heavy atom. The fourth-order valence-electron chi connectivity index (χ4n) is 4.18. The van der Waals surface area contributed by atoms with E-state index in [1.165, 1.54) is 6.92 Å². The average Bonchev–Trinajstić information content (AvgIpc) is 3.19. The lowest BCUT2D eigenvalue weighted by atomic mass is 10.1. The number of alkyl halides is 5. The molecule has 4 aromatic rings. The Hall–Kier alpha value is -5.06. The Labute approximate surface area is 249 Å². The molecule has 2 heterocycles. The van der Waals surface area contributed by atoms with E-state index in [0.717, 1.165) is 61.3 Å². The molecule has 0 aliphatic carbocycles. The predicted octanol–water partition coefficient (Wildman–Crippen LogP) is 5.16. The number of rotatable bonds is 10. The van der Waals surface area contributed by atoms with Gasteiger partial charge < -0.3 is 24.6 Å². The molecule has 1 amide bonds. The second-order valence-electron chi connectivity index (χ2n) is 9.36. The Kier molecular flexibility index (Phi) is 9.41. The van der Waals surface area contributed by atoms with Crippen LogP contribution in [0.2, 0.25) is 0 Å². The maximum Gasteiger partial charge on any atom is 0.433 e. The first-order chi connectivity index (χ1) is 21.1. The van der Waals surface area contributed by atoms with Crippen LogP contribution >= 0.6 is 0 Å². The number of aromatic nitrogens is 3. The highest BCUT2D eigenvalue weighted by molar-refractivity contribution is 6.06. The molecule has 45 heavy (non-hydrogen) atoms. The quantitative estimate of drug-likeness (QED) is 0.229. The summed E-state index contributed by atoms with van der Waals surface area (Å²) in [7, 11) is 2.20. The van der Waals surface area contributed by atoms with Gasteiger partial charge in [-0.1, -0.05) is 0 Å². The third-order valence-electron chi connectivity index (χ3n) is 6.15. The molecule has 4 rings (SSSR count). The molecule has 2 N–H and O–H groups in total. The zero-order valence-electron chi connectivity index (χ0n) is 23.5. The number of nitrogens with one attached hydrogen (secondary N) is 1. The fourth-order valence-corrected chi connectivity index (χ4v) is 4.18. The van der Waals surface area contributed by atoms with Gasteiger partial charge >= 0.3 is 12.8 Å². The van der Waals surface area contributed by atoms with E-state index < -0.39 is 82.8 Å². The second kappa shape index (κ2) is 12.9. The van der Waals surface area contributed by atoms with Crippen molar-refractivity contribution in [2.75, 3.05) is 19.0 Å². The number of amides is 1. The van der Waals surface area contributed by atoms with Crippen LogP contribution in [-0.4, -0.2) is 51.8 Å². The highest BCUT2D eigenvalue weighted by Crippen LogP contribution is 2.36.